The fourth-order valence-corrected chi connectivity index (χ4v) is 5.03. The summed E-state index contributed by atoms with van der Waals surface area (Å²) >= 11 is 7.36. The number of nitrogens with one attached hydrogen (secondary N) is 2. The monoisotopic (exact) mass is 527 g/mol. The molecule has 2 aromatic rings. The van der Waals surface area contributed by atoms with Crippen LogP contribution in [0.2, 0.25) is 5.02 Å². The third-order valence-corrected chi connectivity index (χ3v) is 6.91. The van der Waals surface area contributed by atoms with Crippen molar-refractivity contribution in [2.24, 2.45) is 5.92 Å². The van der Waals surface area contributed by atoms with E-state index in [-0.39, 0.29) is 27.3 Å². The van der Waals surface area contributed by atoms with E-state index in [9.17, 15) is 19.6 Å². The van der Waals surface area contributed by atoms with Gasteiger partial charge in [0.05, 0.1) is 41.2 Å². The number of ether oxygens (including phenoxy) is 2. The number of nitrogens with zero attached hydrogens (tertiary/aromatic N) is 1. The van der Waals surface area contributed by atoms with Crippen molar-refractivity contribution in [3.05, 3.63) is 68.7 Å². The van der Waals surface area contributed by atoms with E-state index in [0.717, 1.165) is 22.9 Å². The molecule has 0 aliphatic carbocycles. The number of aryl methyl sites for hydroxylation is 2. The largest absolute Gasteiger partial charge is 0.492 e. The molecule has 0 aromatic heterocycles. The molecule has 36 heavy (non-hydrogen) atoms. The third kappa shape index (κ3) is 6.01. The molecular formula is C26H26ClN3O5S. The first kappa shape index (κ1) is 27.1. The number of carbonyl (C=O) groups is 3. The molecule has 0 bridgehead atoms. The number of hydrogen-bond acceptors (Lipinski definition) is 7. The predicted octanol–water partition coefficient (Wildman–Crippen LogP) is 4.47. The normalized spacial score (nSPS) is 17.2. The molecular weight excluding hydrogens is 502 g/mol. The zero-order chi connectivity index (χ0) is 26.4. The van der Waals surface area contributed by atoms with Crippen LogP contribution in [0.15, 0.2) is 47.0 Å². The summed E-state index contributed by atoms with van der Waals surface area (Å²) in [6, 6.07) is 12.6. The number of methoxy groups -OCH3 is 1. The molecule has 1 aliphatic rings. The Labute approximate surface area is 219 Å². The molecule has 0 saturated carbocycles. The van der Waals surface area contributed by atoms with E-state index in [0.29, 0.717) is 23.6 Å². The van der Waals surface area contributed by atoms with Gasteiger partial charge in [0, 0.05) is 11.6 Å². The highest BCUT2D eigenvalue weighted by Crippen LogP contribution is 2.42. The summed E-state index contributed by atoms with van der Waals surface area (Å²) in [6.07, 6.45) is 0. The van der Waals surface area contributed by atoms with Gasteiger partial charge in [0.15, 0.2) is 0 Å². The van der Waals surface area contributed by atoms with Gasteiger partial charge in [0.1, 0.15) is 11.7 Å². The van der Waals surface area contributed by atoms with Crippen LogP contribution in [0.25, 0.3) is 0 Å². The van der Waals surface area contributed by atoms with E-state index in [2.05, 4.69) is 16.7 Å². The smallest absolute Gasteiger partial charge is 0.319 e. The first-order chi connectivity index (χ1) is 17.2. The Balaban J connectivity index is 1.92. The van der Waals surface area contributed by atoms with Crippen LogP contribution in [0, 0.1) is 31.1 Å². The molecule has 188 valence electrons. The molecule has 8 nitrogen and oxygen atoms in total. The highest BCUT2D eigenvalue weighted by Gasteiger charge is 2.44. The van der Waals surface area contributed by atoms with Crippen molar-refractivity contribution in [1.29, 1.82) is 5.26 Å². The fourth-order valence-electron chi connectivity index (χ4n) is 3.94. The first-order valence-electron chi connectivity index (χ1n) is 11.1. The first-order valence-corrected chi connectivity index (χ1v) is 12.5. The summed E-state index contributed by atoms with van der Waals surface area (Å²) < 4.78 is 10.3. The van der Waals surface area contributed by atoms with Crippen molar-refractivity contribution in [3.8, 4) is 11.8 Å². The number of allylic oxidation sites excluding steroid dienone is 1. The molecule has 10 heteroatoms. The number of benzene rings is 2. The Morgan fingerprint density at radius 2 is 1.97 bits per heavy atom. The van der Waals surface area contributed by atoms with Gasteiger partial charge in [-0.25, -0.2) is 0 Å². The van der Waals surface area contributed by atoms with Crippen molar-refractivity contribution < 1.29 is 23.9 Å². The lowest BCUT2D eigenvalue weighted by Crippen LogP contribution is -2.44. The van der Waals surface area contributed by atoms with E-state index in [4.69, 9.17) is 21.1 Å². The molecule has 2 aromatic carbocycles. The number of thioether (sulfide) groups is 1. The number of carbonyl (C=O) groups excluding carboxylic acids is 3. The number of rotatable bonds is 8. The number of amides is 2. The molecule has 2 amide bonds. The maximum absolute atomic E-state index is 13.0. The lowest BCUT2D eigenvalue weighted by Gasteiger charge is -2.31. The minimum atomic E-state index is -1.30. The molecule has 0 radical (unpaired) electrons. The Bertz CT molecular complexity index is 1270. The third-order valence-electron chi connectivity index (χ3n) is 5.60. The topological polar surface area (TPSA) is 118 Å². The van der Waals surface area contributed by atoms with E-state index in [1.165, 1.54) is 7.11 Å². The van der Waals surface area contributed by atoms with Gasteiger partial charge in [-0.15, -0.1) is 0 Å². The number of hydrogen-bond donors (Lipinski definition) is 2. The standard InChI is InChI=1S/C26H26ClN3O5S/c1-5-35-20-9-7-16(11-18(20)27)22-17(12-28)25(30-24(32)23(22)26(33)34-4)36-13-21(31)29-19-8-6-14(2)10-15(19)3/h6-11,22-23H,5,13H2,1-4H3,(H,29,31)(H,30,32)/t22-,23+/m0/s1. The molecule has 0 unspecified atom stereocenters. The Morgan fingerprint density at radius 1 is 1.22 bits per heavy atom. The quantitative estimate of drug-likeness (QED) is 0.384. The molecule has 0 spiro atoms. The number of nitriles is 1. The van der Waals surface area contributed by atoms with E-state index >= 15 is 0 Å². The SMILES string of the molecule is CCOc1ccc([C@H]2C(C#N)=C(SCC(=O)Nc3ccc(C)cc3C)NC(=O)[C@@H]2C(=O)OC)cc1Cl. The second kappa shape index (κ2) is 12.0. The van der Waals surface area contributed by atoms with Gasteiger partial charge in [-0.1, -0.05) is 47.1 Å². The van der Waals surface area contributed by atoms with Gasteiger partial charge in [-0.05, 0) is 50.1 Å². The van der Waals surface area contributed by atoms with Crippen LogP contribution in [0.5, 0.6) is 5.75 Å². The minimum absolute atomic E-state index is 0.0618. The number of esters is 1. The van der Waals surface area contributed by atoms with Gasteiger partial charge in [-0.2, -0.15) is 5.26 Å². The van der Waals surface area contributed by atoms with Gasteiger partial charge in [0.2, 0.25) is 11.8 Å². The molecule has 1 aliphatic heterocycles. The van der Waals surface area contributed by atoms with Crippen molar-refractivity contribution in [2.75, 3.05) is 24.8 Å². The molecule has 2 atom stereocenters. The summed E-state index contributed by atoms with van der Waals surface area (Å²) in [5.74, 6) is -3.59. The summed E-state index contributed by atoms with van der Waals surface area (Å²) in [6.45, 7) is 6.09. The Hall–Kier alpha value is -3.48. The number of anilines is 1. The van der Waals surface area contributed by atoms with Crippen LogP contribution < -0.4 is 15.4 Å². The second-order valence-electron chi connectivity index (χ2n) is 8.10. The zero-order valence-electron chi connectivity index (χ0n) is 20.3. The van der Waals surface area contributed by atoms with Gasteiger partial charge < -0.3 is 20.1 Å². The second-order valence-corrected chi connectivity index (χ2v) is 9.49. The molecule has 2 N–H and O–H groups in total. The Morgan fingerprint density at radius 3 is 2.58 bits per heavy atom. The van der Waals surface area contributed by atoms with Crippen LogP contribution in [0.4, 0.5) is 5.69 Å². The molecule has 1 heterocycles. The van der Waals surface area contributed by atoms with Crippen molar-refractivity contribution in [1.82, 2.24) is 5.32 Å². The fraction of sp³-hybridized carbons (Fsp3) is 0.308. The van der Waals surface area contributed by atoms with Crippen molar-refractivity contribution in [2.45, 2.75) is 26.7 Å². The molecule has 0 saturated heterocycles. The number of halogens is 1. The predicted molar refractivity (Wildman–Crippen MR) is 139 cm³/mol. The lowest BCUT2D eigenvalue weighted by atomic mass is 9.78. The van der Waals surface area contributed by atoms with Crippen LogP contribution >= 0.6 is 23.4 Å². The average Bonchev–Trinajstić information content (AvgIpc) is 2.84. The highest BCUT2D eigenvalue weighted by atomic mass is 35.5. The summed E-state index contributed by atoms with van der Waals surface area (Å²) in [7, 11) is 1.18. The van der Waals surface area contributed by atoms with Crippen molar-refractivity contribution in [3.63, 3.8) is 0 Å². The van der Waals surface area contributed by atoms with E-state index in [1.807, 2.05) is 39.0 Å². The van der Waals surface area contributed by atoms with Crippen LogP contribution in [0.3, 0.4) is 0 Å². The van der Waals surface area contributed by atoms with Crippen molar-refractivity contribution >= 4 is 46.8 Å². The van der Waals surface area contributed by atoms with Gasteiger partial charge in [-0.3, -0.25) is 14.4 Å². The van der Waals surface area contributed by atoms with Gasteiger partial charge in [0.25, 0.3) is 0 Å². The summed E-state index contributed by atoms with van der Waals surface area (Å²) in [4.78, 5) is 38.2. The van der Waals surface area contributed by atoms with Crippen LogP contribution in [-0.4, -0.2) is 37.3 Å². The van der Waals surface area contributed by atoms with Gasteiger partial charge >= 0.3 is 5.97 Å². The van der Waals surface area contributed by atoms with Crippen LogP contribution in [-0.2, 0) is 19.1 Å². The summed E-state index contributed by atoms with van der Waals surface area (Å²) in [5, 5.41) is 16.0. The zero-order valence-corrected chi connectivity index (χ0v) is 21.9. The van der Waals surface area contributed by atoms with E-state index < -0.39 is 23.7 Å². The molecule has 0 fully saturated rings. The van der Waals surface area contributed by atoms with E-state index in [1.54, 1.807) is 18.2 Å². The minimum Gasteiger partial charge on any atom is -0.492 e. The van der Waals surface area contributed by atoms with Crippen LogP contribution in [0.1, 0.15) is 29.5 Å². The lowest BCUT2D eigenvalue weighted by molar-refractivity contribution is -0.150. The summed E-state index contributed by atoms with van der Waals surface area (Å²) in [5.41, 5.74) is 3.29. The molecule has 3 rings (SSSR count). The maximum Gasteiger partial charge on any atom is 0.319 e. The maximum atomic E-state index is 13.0. The average molecular weight is 528 g/mol. The highest BCUT2D eigenvalue weighted by molar-refractivity contribution is 8.03. The Kier molecular flexibility index (Phi) is 9.02.